The Hall–Kier alpha value is -1.65. The second-order valence-electron chi connectivity index (χ2n) is 10.1. The van der Waals surface area contributed by atoms with Crippen LogP contribution in [0.2, 0.25) is 0 Å². The summed E-state index contributed by atoms with van der Waals surface area (Å²) in [6, 6.07) is 0. The Morgan fingerprint density at radius 3 is 2.56 bits per heavy atom. The molecule has 0 aromatic rings. The fourth-order valence-electron chi connectivity index (χ4n) is 5.51. The first-order chi connectivity index (χ1) is 16.0. The van der Waals surface area contributed by atoms with Gasteiger partial charge in [-0.2, -0.15) is 0 Å². The van der Waals surface area contributed by atoms with Crippen LogP contribution in [0.15, 0.2) is 23.5 Å². The lowest BCUT2D eigenvalue weighted by Crippen LogP contribution is -2.55. The Balaban J connectivity index is 1.78. The highest BCUT2D eigenvalue weighted by molar-refractivity contribution is 6.18. The highest BCUT2D eigenvalue weighted by Gasteiger charge is 2.67. The molecular formula is C24H33ClO9. The third-order valence-corrected chi connectivity index (χ3v) is 7.57. The fourth-order valence-corrected chi connectivity index (χ4v) is 5.79. The number of fused-ring (bicyclic) bond motifs is 3. The predicted molar refractivity (Wildman–Crippen MR) is 120 cm³/mol. The number of esters is 2. The Kier molecular flexibility index (Phi) is 7.05. The van der Waals surface area contributed by atoms with Crippen molar-refractivity contribution in [2.24, 2.45) is 11.8 Å². The van der Waals surface area contributed by atoms with Gasteiger partial charge in [-0.15, -0.1) is 11.6 Å². The van der Waals surface area contributed by atoms with E-state index in [1.807, 2.05) is 13.8 Å². The van der Waals surface area contributed by atoms with Crippen LogP contribution in [0, 0.1) is 11.8 Å². The van der Waals surface area contributed by atoms with Crippen LogP contribution in [0.5, 0.6) is 0 Å². The summed E-state index contributed by atoms with van der Waals surface area (Å²) in [5.74, 6) is -2.56. The molecule has 190 valence electrons. The van der Waals surface area contributed by atoms with Crippen LogP contribution in [0.25, 0.3) is 0 Å². The molecule has 0 aromatic carbocycles. The summed E-state index contributed by atoms with van der Waals surface area (Å²) in [7, 11) is 0. The number of aliphatic hydroxyl groups is 2. The first kappa shape index (κ1) is 25.4. The molecule has 34 heavy (non-hydrogen) atoms. The molecule has 3 heterocycles. The quantitative estimate of drug-likeness (QED) is 0.243. The van der Waals surface area contributed by atoms with Crippen LogP contribution in [-0.2, 0) is 33.3 Å². The van der Waals surface area contributed by atoms with Gasteiger partial charge in [0.15, 0.2) is 6.10 Å². The van der Waals surface area contributed by atoms with E-state index in [0.717, 1.165) is 5.57 Å². The third-order valence-electron chi connectivity index (χ3n) is 7.11. The normalized spacial score (nSPS) is 40.0. The maximum absolute atomic E-state index is 12.0. The van der Waals surface area contributed by atoms with Crippen molar-refractivity contribution in [3.63, 3.8) is 0 Å². The SMILES string of the molecule is CC(=O)OC(C1=CO[C@H](OC(C)=O)[C@@H]2[C@@H]1CC[C@@]1(CO1)[C@H]1O[C@@H]1C[C@@]2(O)CCl)C(O)C=C(C)C. The number of ether oxygens (including phenoxy) is 5. The zero-order chi connectivity index (χ0) is 24.8. The molecule has 0 radical (unpaired) electrons. The number of epoxide rings is 2. The van der Waals surface area contributed by atoms with E-state index in [9.17, 15) is 19.8 Å². The van der Waals surface area contributed by atoms with Crippen molar-refractivity contribution in [2.75, 3.05) is 12.5 Å². The number of halogens is 1. The molecule has 1 saturated carbocycles. The van der Waals surface area contributed by atoms with Crippen molar-refractivity contribution in [1.82, 2.24) is 0 Å². The average molecular weight is 501 g/mol. The molecule has 0 aromatic heterocycles. The summed E-state index contributed by atoms with van der Waals surface area (Å²) in [6.07, 6.45) is 0.604. The van der Waals surface area contributed by atoms with Gasteiger partial charge in [-0.05, 0) is 32.6 Å². The van der Waals surface area contributed by atoms with Crippen LogP contribution in [0.1, 0.15) is 47.0 Å². The molecule has 10 heteroatoms. The van der Waals surface area contributed by atoms with Crippen LogP contribution in [0.4, 0.5) is 0 Å². The summed E-state index contributed by atoms with van der Waals surface area (Å²) in [5.41, 5.74) is -0.619. The smallest absolute Gasteiger partial charge is 0.305 e. The number of alkyl halides is 1. The zero-order valence-corrected chi connectivity index (χ0v) is 20.6. The Labute approximate surface area is 204 Å². The van der Waals surface area contributed by atoms with Crippen molar-refractivity contribution >= 4 is 23.5 Å². The molecule has 2 saturated heterocycles. The molecule has 4 rings (SSSR count). The van der Waals surface area contributed by atoms with Crippen molar-refractivity contribution in [3.8, 4) is 0 Å². The van der Waals surface area contributed by atoms with E-state index >= 15 is 0 Å². The topological polar surface area (TPSA) is 127 Å². The van der Waals surface area contributed by atoms with Gasteiger partial charge in [0.05, 0.1) is 36.4 Å². The molecular weight excluding hydrogens is 468 g/mol. The van der Waals surface area contributed by atoms with E-state index in [-0.39, 0.29) is 24.5 Å². The Bertz CT molecular complexity index is 878. The monoisotopic (exact) mass is 500 g/mol. The summed E-state index contributed by atoms with van der Waals surface area (Å²) in [5, 5.41) is 22.8. The number of carbonyl (C=O) groups excluding carboxylic acids is 2. The molecule has 3 aliphatic heterocycles. The summed E-state index contributed by atoms with van der Waals surface area (Å²) < 4.78 is 28.5. The molecule has 9 nitrogen and oxygen atoms in total. The molecule has 9 atom stereocenters. The minimum atomic E-state index is -1.52. The molecule has 2 unspecified atom stereocenters. The molecule has 1 aliphatic carbocycles. The molecule has 2 N–H and O–H groups in total. The van der Waals surface area contributed by atoms with Crippen LogP contribution < -0.4 is 0 Å². The van der Waals surface area contributed by atoms with Gasteiger partial charge in [-0.1, -0.05) is 11.6 Å². The minimum absolute atomic E-state index is 0.136. The highest BCUT2D eigenvalue weighted by Crippen LogP contribution is 2.55. The molecule has 0 amide bonds. The van der Waals surface area contributed by atoms with Crippen LogP contribution >= 0.6 is 11.6 Å². The molecule has 0 bridgehead atoms. The lowest BCUT2D eigenvalue weighted by Gasteiger charge is -2.46. The fraction of sp³-hybridized carbons (Fsp3) is 0.750. The first-order valence-corrected chi connectivity index (χ1v) is 12.1. The van der Waals surface area contributed by atoms with E-state index < -0.39 is 53.5 Å². The maximum Gasteiger partial charge on any atom is 0.305 e. The lowest BCUT2D eigenvalue weighted by atomic mass is 9.69. The van der Waals surface area contributed by atoms with E-state index in [0.29, 0.717) is 25.0 Å². The number of hydrogen-bond acceptors (Lipinski definition) is 9. The molecule has 1 spiro atoms. The van der Waals surface area contributed by atoms with Gasteiger partial charge >= 0.3 is 11.9 Å². The number of allylic oxidation sites excluding steroid dienone is 1. The van der Waals surface area contributed by atoms with E-state index in [2.05, 4.69) is 0 Å². The zero-order valence-electron chi connectivity index (χ0n) is 19.9. The highest BCUT2D eigenvalue weighted by atomic mass is 35.5. The summed E-state index contributed by atoms with van der Waals surface area (Å²) in [6.45, 7) is 6.74. The summed E-state index contributed by atoms with van der Waals surface area (Å²) >= 11 is 6.34. The van der Waals surface area contributed by atoms with Crippen molar-refractivity contribution in [2.45, 2.75) is 88.9 Å². The number of aliphatic hydroxyl groups excluding tert-OH is 1. The van der Waals surface area contributed by atoms with Gasteiger partial charge in [0.2, 0.25) is 6.29 Å². The first-order valence-electron chi connectivity index (χ1n) is 11.6. The van der Waals surface area contributed by atoms with E-state index in [4.69, 9.17) is 35.3 Å². The predicted octanol–water partition coefficient (Wildman–Crippen LogP) is 1.97. The second-order valence-corrected chi connectivity index (χ2v) is 10.3. The third kappa shape index (κ3) is 4.99. The standard InChI is InChI=1S/C24H33ClO9/c1-12(2)7-17(28)20(32-13(3)26)16-9-30-22(33-14(4)27)19-15(16)5-6-24(11-31-24)21-18(34-21)8-23(19,29)10-25/h7,9,15,17-22,28-29H,5-6,8,10-11H2,1-4H3/t15-,17?,18-,19+,20?,21+,22-,23-,24-/m1/s1. The lowest BCUT2D eigenvalue weighted by molar-refractivity contribution is -0.212. The van der Waals surface area contributed by atoms with Gasteiger partial charge in [0, 0.05) is 25.8 Å². The molecule has 3 fully saturated rings. The average Bonchev–Trinajstić information content (AvgIpc) is 3.65. The van der Waals surface area contributed by atoms with Crippen LogP contribution in [0.3, 0.4) is 0 Å². The number of rotatable bonds is 6. The largest absolute Gasteiger partial charge is 0.462 e. The summed E-state index contributed by atoms with van der Waals surface area (Å²) in [4.78, 5) is 23.9. The van der Waals surface area contributed by atoms with Gasteiger partial charge in [-0.25, -0.2) is 0 Å². The molecule has 4 aliphatic rings. The van der Waals surface area contributed by atoms with Crippen LogP contribution in [-0.4, -0.2) is 76.5 Å². The van der Waals surface area contributed by atoms with Gasteiger partial charge in [0.25, 0.3) is 0 Å². The maximum atomic E-state index is 12.0. The number of hydrogen-bond donors (Lipinski definition) is 2. The van der Waals surface area contributed by atoms with Gasteiger partial charge in [-0.3, -0.25) is 9.59 Å². The number of carbonyl (C=O) groups is 2. The van der Waals surface area contributed by atoms with Gasteiger partial charge in [0.1, 0.15) is 17.8 Å². The van der Waals surface area contributed by atoms with Crippen molar-refractivity contribution in [1.29, 1.82) is 0 Å². The Morgan fingerprint density at radius 2 is 2.00 bits per heavy atom. The Morgan fingerprint density at radius 1 is 1.29 bits per heavy atom. The van der Waals surface area contributed by atoms with Crippen molar-refractivity contribution < 1.29 is 43.5 Å². The van der Waals surface area contributed by atoms with E-state index in [1.165, 1.54) is 20.1 Å². The van der Waals surface area contributed by atoms with Crippen molar-refractivity contribution in [3.05, 3.63) is 23.5 Å². The minimum Gasteiger partial charge on any atom is -0.462 e. The van der Waals surface area contributed by atoms with Gasteiger partial charge < -0.3 is 33.9 Å². The van der Waals surface area contributed by atoms with E-state index in [1.54, 1.807) is 6.08 Å². The second kappa shape index (κ2) is 9.43.